The van der Waals surface area contributed by atoms with Crippen LogP contribution in [0.5, 0.6) is 0 Å². The van der Waals surface area contributed by atoms with E-state index in [1.54, 1.807) is 16.8 Å². The summed E-state index contributed by atoms with van der Waals surface area (Å²) in [6.07, 6.45) is 2.83. The third-order valence-electron chi connectivity index (χ3n) is 3.94. The van der Waals surface area contributed by atoms with Gasteiger partial charge in [-0.2, -0.15) is 0 Å². The number of nitrogens with zero attached hydrogens (tertiary/aromatic N) is 2. The molecule has 3 rings (SSSR count). The molecule has 122 valence electrons. The van der Waals surface area contributed by atoms with Gasteiger partial charge in [0.15, 0.2) is 0 Å². The van der Waals surface area contributed by atoms with E-state index in [-0.39, 0.29) is 12.6 Å². The Morgan fingerprint density at radius 2 is 2.26 bits per heavy atom. The monoisotopic (exact) mass is 334 g/mol. The lowest BCUT2D eigenvalue weighted by molar-refractivity contribution is -0.157. The van der Waals surface area contributed by atoms with Crippen LogP contribution >= 0.6 is 11.3 Å². The molecule has 6 nitrogen and oxygen atoms in total. The highest BCUT2D eigenvalue weighted by molar-refractivity contribution is 7.16. The Labute approximate surface area is 137 Å². The van der Waals surface area contributed by atoms with Gasteiger partial charge in [0, 0.05) is 19.7 Å². The quantitative estimate of drug-likeness (QED) is 0.868. The summed E-state index contributed by atoms with van der Waals surface area (Å²) in [4.78, 5) is 28.7. The number of rotatable bonds is 4. The maximum atomic E-state index is 12.0. The summed E-state index contributed by atoms with van der Waals surface area (Å²) in [7, 11) is 0. The maximum Gasteiger partial charge on any atom is 0.394 e. The van der Waals surface area contributed by atoms with Crippen LogP contribution < -0.4 is 0 Å². The second-order valence-corrected chi connectivity index (χ2v) is 6.52. The SMILES string of the molecule is O=C(O)C(=O)N(Cc1ccc2scnc2c1)CC1CCCCO1. The number of ether oxygens (including phenoxy) is 1. The first kappa shape index (κ1) is 15.9. The third-order valence-corrected chi connectivity index (χ3v) is 4.75. The Balaban J connectivity index is 1.76. The van der Waals surface area contributed by atoms with E-state index in [4.69, 9.17) is 9.84 Å². The van der Waals surface area contributed by atoms with E-state index in [1.807, 2.05) is 18.2 Å². The second-order valence-electron chi connectivity index (χ2n) is 5.63. The number of carboxylic acid groups (broad SMARTS) is 1. The first-order valence-corrected chi connectivity index (χ1v) is 8.47. The van der Waals surface area contributed by atoms with Crippen LogP contribution in [0.4, 0.5) is 0 Å². The zero-order valence-corrected chi connectivity index (χ0v) is 13.4. The molecule has 1 aliphatic rings. The van der Waals surface area contributed by atoms with Crippen LogP contribution in [0.1, 0.15) is 24.8 Å². The molecule has 1 atom stereocenters. The molecule has 1 aliphatic heterocycles. The molecule has 0 bridgehead atoms. The van der Waals surface area contributed by atoms with E-state index in [2.05, 4.69) is 4.98 Å². The fourth-order valence-electron chi connectivity index (χ4n) is 2.77. The van der Waals surface area contributed by atoms with Gasteiger partial charge in [0.1, 0.15) is 0 Å². The summed E-state index contributed by atoms with van der Waals surface area (Å²) in [5.74, 6) is -2.33. The summed E-state index contributed by atoms with van der Waals surface area (Å²) < 4.78 is 6.71. The van der Waals surface area contributed by atoms with E-state index in [0.717, 1.165) is 35.0 Å². The van der Waals surface area contributed by atoms with Crippen LogP contribution in [0.25, 0.3) is 10.2 Å². The van der Waals surface area contributed by atoms with Gasteiger partial charge in [-0.15, -0.1) is 11.3 Å². The first-order chi connectivity index (χ1) is 11.1. The average Bonchev–Trinajstić information content (AvgIpc) is 3.02. The molecule has 1 N–H and O–H groups in total. The van der Waals surface area contributed by atoms with Crippen LogP contribution in [0.3, 0.4) is 0 Å². The summed E-state index contributed by atoms with van der Waals surface area (Å²) in [6.45, 7) is 1.23. The molecule has 7 heteroatoms. The van der Waals surface area contributed by atoms with Crippen molar-refractivity contribution in [1.82, 2.24) is 9.88 Å². The highest BCUT2D eigenvalue weighted by Gasteiger charge is 2.26. The first-order valence-electron chi connectivity index (χ1n) is 7.59. The van der Waals surface area contributed by atoms with Crippen molar-refractivity contribution in [2.75, 3.05) is 13.2 Å². The van der Waals surface area contributed by atoms with Crippen LogP contribution in [0, 0.1) is 0 Å². The second kappa shape index (κ2) is 7.06. The predicted molar refractivity (Wildman–Crippen MR) is 86.3 cm³/mol. The Morgan fingerprint density at radius 1 is 1.39 bits per heavy atom. The molecule has 0 aliphatic carbocycles. The van der Waals surface area contributed by atoms with Crippen LogP contribution in [-0.4, -0.2) is 46.1 Å². The van der Waals surface area contributed by atoms with E-state index in [0.29, 0.717) is 13.2 Å². The molecule has 1 fully saturated rings. The number of benzene rings is 1. The summed E-state index contributed by atoms with van der Waals surface area (Å²) in [5, 5.41) is 9.06. The number of carbonyl (C=O) groups is 2. The van der Waals surface area contributed by atoms with Gasteiger partial charge in [-0.05, 0) is 37.0 Å². The largest absolute Gasteiger partial charge is 0.474 e. The van der Waals surface area contributed by atoms with E-state index in [9.17, 15) is 9.59 Å². The van der Waals surface area contributed by atoms with Crippen LogP contribution in [0.15, 0.2) is 23.7 Å². The van der Waals surface area contributed by atoms with Crippen LogP contribution in [0.2, 0.25) is 0 Å². The van der Waals surface area contributed by atoms with Crippen molar-refractivity contribution in [2.45, 2.75) is 31.9 Å². The topological polar surface area (TPSA) is 79.7 Å². The van der Waals surface area contributed by atoms with Gasteiger partial charge in [-0.1, -0.05) is 6.07 Å². The number of aromatic nitrogens is 1. The lowest BCUT2D eigenvalue weighted by Gasteiger charge is -2.29. The predicted octanol–water partition coefficient (Wildman–Crippen LogP) is 2.28. The molecule has 23 heavy (non-hydrogen) atoms. The maximum absolute atomic E-state index is 12.0. The number of carbonyl (C=O) groups excluding carboxylic acids is 1. The normalized spacial score (nSPS) is 18.0. The number of hydrogen-bond donors (Lipinski definition) is 1. The molecule has 0 radical (unpaired) electrons. The highest BCUT2D eigenvalue weighted by atomic mass is 32.1. The molecule has 1 aromatic carbocycles. The molecule has 1 aromatic heterocycles. The molecular formula is C16H18N2O4S. The number of carboxylic acids is 1. The van der Waals surface area contributed by atoms with Gasteiger partial charge in [0.2, 0.25) is 0 Å². The zero-order valence-electron chi connectivity index (χ0n) is 12.6. The van der Waals surface area contributed by atoms with Crippen molar-refractivity contribution in [3.8, 4) is 0 Å². The van der Waals surface area contributed by atoms with Crippen molar-refractivity contribution in [3.63, 3.8) is 0 Å². The van der Waals surface area contributed by atoms with Crippen molar-refractivity contribution in [3.05, 3.63) is 29.3 Å². The summed E-state index contributed by atoms with van der Waals surface area (Å²) >= 11 is 1.55. The van der Waals surface area contributed by atoms with Gasteiger partial charge in [0.25, 0.3) is 0 Å². The summed E-state index contributed by atoms with van der Waals surface area (Å²) in [5.41, 5.74) is 3.50. The molecule has 1 unspecified atom stereocenters. The number of hydrogen-bond acceptors (Lipinski definition) is 5. The molecule has 2 heterocycles. The number of aliphatic carboxylic acids is 1. The van der Waals surface area contributed by atoms with Gasteiger partial charge >= 0.3 is 11.9 Å². The lowest BCUT2D eigenvalue weighted by atomic mass is 10.1. The number of fused-ring (bicyclic) bond motifs is 1. The summed E-state index contributed by atoms with van der Waals surface area (Å²) in [6, 6.07) is 5.75. The van der Waals surface area contributed by atoms with Crippen molar-refractivity contribution in [1.29, 1.82) is 0 Å². The molecule has 0 spiro atoms. The Kier molecular flexibility index (Phi) is 4.88. The van der Waals surface area contributed by atoms with Gasteiger partial charge in [-0.25, -0.2) is 9.78 Å². The number of thiazole rings is 1. The molecule has 2 aromatic rings. The minimum Gasteiger partial charge on any atom is -0.474 e. The van der Waals surface area contributed by atoms with Crippen molar-refractivity contribution in [2.24, 2.45) is 0 Å². The fraction of sp³-hybridized carbons (Fsp3) is 0.438. The average molecular weight is 334 g/mol. The number of amides is 1. The third kappa shape index (κ3) is 3.86. The standard InChI is InChI=1S/C16H18N2O4S/c19-15(16(20)21)18(9-12-3-1-2-6-22-12)8-11-4-5-14-13(7-11)17-10-23-14/h4-5,7,10,12H,1-3,6,8-9H2,(H,20,21). The lowest BCUT2D eigenvalue weighted by Crippen LogP contribution is -2.42. The van der Waals surface area contributed by atoms with Crippen LogP contribution in [-0.2, 0) is 20.9 Å². The van der Waals surface area contributed by atoms with E-state index < -0.39 is 11.9 Å². The Bertz CT molecular complexity index is 709. The van der Waals surface area contributed by atoms with Crippen molar-refractivity contribution >= 4 is 33.4 Å². The zero-order chi connectivity index (χ0) is 16.2. The smallest absolute Gasteiger partial charge is 0.394 e. The molecular weight excluding hydrogens is 316 g/mol. The van der Waals surface area contributed by atoms with Gasteiger partial charge < -0.3 is 14.7 Å². The van der Waals surface area contributed by atoms with Gasteiger partial charge in [0.05, 0.1) is 21.8 Å². The van der Waals surface area contributed by atoms with E-state index in [1.165, 1.54) is 4.90 Å². The Hall–Kier alpha value is -1.99. The van der Waals surface area contributed by atoms with E-state index >= 15 is 0 Å². The Morgan fingerprint density at radius 3 is 3.00 bits per heavy atom. The molecule has 1 amide bonds. The van der Waals surface area contributed by atoms with Crippen molar-refractivity contribution < 1.29 is 19.4 Å². The molecule has 1 saturated heterocycles. The molecule has 0 saturated carbocycles. The fourth-order valence-corrected chi connectivity index (χ4v) is 3.43. The van der Waals surface area contributed by atoms with Gasteiger partial charge in [-0.3, -0.25) is 4.79 Å². The highest BCUT2D eigenvalue weighted by Crippen LogP contribution is 2.21. The minimum absolute atomic E-state index is 0.0879. The minimum atomic E-state index is -1.43.